The molecule has 0 aromatic heterocycles. The van der Waals surface area contributed by atoms with Gasteiger partial charge in [-0.15, -0.1) is 0 Å². The van der Waals surface area contributed by atoms with Gasteiger partial charge in [-0.05, 0) is 47.0 Å². The Kier molecular flexibility index (Phi) is 3.90. The third-order valence-electron chi connectivity index (χ3n) is 3.71. The second kappa shape index (κ2) is 5.69. The van der Waals surface area contributed by atoms with Crippen molar-refractivity contribution in [2.24, 2.45) is 0 Å². The Hall–Kier alpha value is -1.54. The standard InChI is InChI=1S/C18H14Cl2O/c1-11-6-7-12-4-2-3-5-14(12)17(11)18(21)15-10-13(19)8-9-16(15)20/h2-10,18,21H,1H3. The van der Waals surface area contributed by atoms with Gasteiger partial charge in [0.2, 0.25) is 0 Å². The minimum atomic E-state index is -0.803. The molecule has 3 rings (SSSR count). The lowest BCUT2D eigenvalue weighted by atomic mass is 9.92. The maximum absolute atomic E-state index is 10.8. The third-order valence-corrected chi connectivity index (χ3v) is 4.29. The number of hydrogen-bond acceptors (Lipinski definition) is 1. The van der Waals surface area contributed by atoms with E-state index in [0.29, 0.717) is 15.6 Å². The van der Waals surface area contributed by atoms with Gasteiger partial charge < -0.3 is 5.11 Å². The molecule has 21 heavy (non-hydrogen) atoms. The van der Waals surface area contributed by atoms with Gasteiger partial charge in [-0.25, -0.2) is 0 Å². The van der Waals surface area contributed by atoms with Crippen LogP contribution in [0.2, 0.25) is 10.0 Å². The summed E-state index contributed by atoms with van der Waals surface area (Å²) in [5.41, 5.74) is 2.53. The highest BCUT2D eigenvalue weighted by Gasteiger charge is 2.19. The molecular weight excluding hydrogens is 303 g/mol. The fraction of sp³-hybridized carbons (Fsp3) is 0.111. The molecule has 0 radical (unpaired) electrons. The molecule has 1 unspecified atom stereocenters. The van der Waals surface area contributed by atoms with E-state index in [-0.39, 0.29) is 0 Å². The van der Waals surface area contributed by atoms with E-state index in [1.807, 2.05) is 37.3 Å². The van der Waals surface area contributed by atoms with Gasteiger partial charge in [-0.3, -0.25) is 0 Å². The Morgan fingerprint density at radius 3 is 2.52 bits per heavy atom. The molecule has 0 aliphatic rings. The number of benzene rings is 3. The van der Waals surface area contributed by atoms with Crippen LogP contribution in [0.5, 0.6) is 0 Å². The van der Waals surface area contributed by atoms with Crippen molar-refractivity contribution >= 4 is 34.0 Å². The molecular formula is C18H14Cl2O. The van der Waals surface area contributed by atoms with Crippen molar-refractivity contribution in [3.8, 4) is 0 Å². The summed E-state index contributed by atoms with van der Waals surface area (Å²) >= 11 is 12.3. The average molecular weight is 317 g/mol. The van der Waals surface area contributed by atoms with Gasteiger partial charge in [0.05, 0.1) is 0 Å². The highest BCUT2D eigenvalue weighted by Crippen LogP contribution is 2.35. The highest BCUT2D eigenvalue weighted by atomic mass is 35.5. The van der Waals surface area contributed by atoms with Gasteiger partial charge in [0.1, 0.15) is 6.10 Å². The van der Waals surface area contributed by atoms with E-state index < -0.39 is 6.10 Å². The van der Waals surface area contributed by atoms with Gasteiger partial charge in [-0.2, -0.15) is 0 Å². The molecule has 3 aromatic rings. The smallest absolute Gasteiger partial charge is 0.106 e. The van der Waals surface area contributed by atoms with Gasteiger partial charge >= 0.3 is 0 Å². The van der Waals surface area contributed by atoms with Crippen LogP contribution in [0, 0.1) is 6.92 Å². The Balaban J connectivity index is 2.24. The van der Waals surface area contributed by atoms with E-state index in [2.05, 4.69) is 6.07 Å². The van der Waals surface area contributed by atoms with Crippen LogP contribution in [0.1, 0.15) is 22.8 Å². The Bertz CT molecular complexity index is 811. The van der Waals surface area contributed by atoms with Crippen LogP contribution < -0.4 is 0 Å². The minimum absolute atomic E-state index is 0.513. The van der Waals surface area contributed by atoms with Crippen molar-refractivity contribution in [2.45, 2.75) is 13.0 Å². The summed E-state index contributed by atoms with van der Waals surface area (Å²) in [6.07, 6.45) is -0.803. The molecule has 1 N–H and O–H groups in total. The fourth-order valence-electron chi connectivity index (χ4n) is 2.65. The largest absolute Gasteiger partial charge is 0.384 e. The number of rotatable bonds is 2. The second-order valence-electron chi connectivity index (χ2n) is 5.09. The first-order valence-corrected chi connectivity index (χ1v) is 7.45. The summed E-state index contributed by atoms with van der Waals surface area (Å²) in [5.74, 6) is 0. The highest BCUT2D eigenvalue weighted by molar-refractivity contribution is 6.33. The summed E-state index contributed by atoms with van der Waals surface area (Å²) in [7, 11) is 0. The van der Waals surface area contributed by atoms with Crippen molar-refractivity contribution in [1.29, 1.82) is 0 Å². The summed E-state index contributed by atoms with van der Waals surface area (Å²) in [4.78, 5) is 0. The minimum Gasteiger partial charge on any atom is -0.384 e. The lowest BCUT2D eigenvalue weighted by molar-refractivity contribution is 0.221. The molecule has 1 nitrogen and oxygen atoms in total. The molecule has 0 saturated carbocycles. The SMILES string of the molecule is Cc1ccc2ccccc2c1C(O)c1cc(Cl)ccc1Cl. The van der Waals surface area contributed by atoms with Crippen molar-refractivity contribution in [3.05, 3.63) is 81.3 Å². The number of halogens is 2. The van der Waals surface area contributed by atoms with Gasteiger partial charge in [-0.1, -0.05) is 59.6 Å². The van der Waals surface area contributed by atoms with E-state index in [9.17, 15) is 5.11 Å². The van der Waals surface area contributed by atoms with Crippen LogP contribution in [-0.2, 0) is 0 Å². The second-order valence-corrected chi connectivity index (χ2v) is 5.93. The number of aryl methyl sites for hydroxylation is 1. The zero-order chi connectivity index (χ0) is 15.0. The van der Waals surface area contributed by atoms with Crippen LogP contribution >= 0.6 is 23.2 Å². The van der Waals surface area contributed by atoms with Crippen LogP contribution in [-0.4, -0.2) is 5.11 Å². The predicted molar refractivity (Wildman–Crippen MR) is 89.2 cm³/mol. The Morgan fingerprint density at radius 2 is 1.71 bits per heavy atom. The van der Waals surface area contributed by atoms with Crippen molar-refractivity contribution in [3.63, 3.8) is 0 Å². The first kappa shape index (κ1) is 14.4. The molecule has 3 aromatic carbocycles. The quantitative estimate of drug-likeness (QED) is 0.658. The molecule has 0 bridgehead atoms. The maximum Gasteiger partial charge on any atom is 0.106 e. The molecule has 0 heterocycles. The number of fused-ring (bicyclic) bond motifs is 1. The van der Waals surface area contributed by atoms with E-state index in [4.69, 9.17) is 23.2 Å². The molecule has 0 aliphatic carbocycles. The van der Waals surface area contributed by atoms with Gasteiger partial charge in [0, 0.05) is 15.6 Å². The number of aliphatic hydroxyl groups is 1. The first-order valence-electron chi connectivity index (χ1n) is 6.69. The van der Waals surface area contributed by atoms with Crippen LogP contribution in [0.4, 0.5) is 0 Å². The summed E-state index contributed by atoms with van der Waals surface area (Å²) in [6, 6.07) is 17.2. The molecule has 0 aliphatic heterocycles. The fourth-order valence-corrected chi connectivity index (χ4v) is 3.05. The summed E-state index contributed by atoms with van der Waals surface area (Å²) in [6.45, 7) is 1.99. The van der Waals surface area contributed by atoms with Crippen LogP contribution in [0.25, 0.3) is 10.8 Å². The Morgan fingerprint density at radius 1 is 0.952 bits per heavy atom. The molecule has 0 fully saturated rings. The van der Waals surface area contributed by atoms with Gasteiger partial charge in [0.25, 0.3) is 0 Å². The third kappa shape index (κ3) is 2.65. The molecule has 3 heteroatoms. The van der Waals surface area contributed by atoms with Crippen molar-refractivity contribution in [2.75, 3.05) is 0 Å². The molecule has 0 spiro atoms. The van der Waals surface area contributed by atoms with Crippen molar-refractivity contribution in [1.82, 2.24) is 0 Å². The predicted octanol–water partition coefficient (Wildman–Crippen LogP) is 5.54. The number of hydrogen-bond donors (Lipinski definition) is 1. The van der Waals surface area contributed by atoms with Crippen LogP contribution in [0.3, 0.4) is 0 Å². The normalized spacial score (nSPS) is 12.6. The van der Waals surface area contributed by atoms with Crippen molar-refractivity contribution < 1.29 is 5.11 Å². The zero-order valence-electron chi connectivity index (χ0n) is 11.5. The monoisotopic (exact) mass is 316 g/mol. The Labute approximate surface area is 133 Å². The summed E-state index contributed by atoms with van der Waals surface area (Å²) < 4.78 is 0. The average Bonchev–Trinajstić information content (AvgIpc) is 2.49. The van der Waals surface area contributed by atoms with E-state index >= 15 is 0 Å². The molecule has 1 atom stereocenters. The van der Waals surface area contributed by atoms with E-state index in [1.165, 1.54) is 0 Å². The van der Waals surface area contributed by atoms with E-state index in [1.54, 1.807) is 18.2 Å². The summed E-state index contributed by atoms with van der Waals surface area (Å²) in [5, 5.41) is 14.0. The first-order chi connectivity index (χ1) is 10.1. The maximum atomic E-state index is 10.8. The van der Waals surface area contributed by atoms with E-state index in [0.717, 1.165) is 21.9 Å². The topological polar surface area (TPSA) is 20.2 Å². The number of aliphatic hydroxyl groups excluding tert-OH is 1. The molecule has 106 valence electrons. The van der Waals surface area contributed by atoms with Crippen LogP contribution in [0.15, 0.2) is 54.6 Å². The zero-order valence-corrected chi connectivity index (χ0v) is 13.0. The van der Waals surface area contributed by atoms with Gasteiger partial charge in [0.15, 0.2) is 0 Å². The molecule has 0 amide bonds. The lowest BCUT2D eigenvalue weighted by Gasteiger charge is -2.18. The molecule has 0 saturated heterocycles. The lowest BCUT2D eigenvalue weighted by Crippen LogP contribution is -2.04.